The van der Waals surface area contributed by atoms with Crippen molar-refractivity contribution in [1.82, 2.24) is 9.55 Å². The van der Waals surface area contributed by atoms with Crippen LogP contribution in [-0.2, 0) is 20.1 Å². The van der Waals surface area contributed by atoms with Gasteiger partial charge in [0.2, 0.25) is 0 Å². The fraction of sp³-hybridized carbons (Fsp3) is 0.345. The number of hydrogen-bond donors (Lipinski definition) is 2. The summed E-state index contributed by atoms with van der Waals surface area (Å²) in [6, 6.07) is 28.1. The summed E-state index contributed by atoms with van der Waals surface area (Å²) in [5.41, 5.74) is 4.18. The Bertz CT molecular complexity index is 1180. The minimum absolute atomic E-state index is 0. The molecule has 1 radical (unpaired) electrons. The van der Waals surface area contributed by atoms with E-state index in [0.717, 1.165) is 53.7 Å². The van der Waals surface area contributed by atoms with E-state index >= 15 is 0 Å². The molecule has 6 rings (SSSR count). The van der Waals surface area contributed by atoms with Crippen LogP contribution >= 0.6 is 0 Å². The van der Waals surface area contributed by atoms with Crippen molar-refractivity contribution in [3.8, 4) is 17.1 Å². The number of hydrogen-bond acceptors (Lipinski definition) is 3. The van der Waals surface area contributed by atoms with E-state index in [1.807, 2.05) is 48.7 Å². The average molecular weight is 632 g/mol. The molecule has 4 unspecified atom stereocenters. The topological polar surface area (TPSA) is 58.3 Å². The van der Waals surface area contributed by atoms with Crippen LogP contribution < -0.4 is 0 Å². The summed E-state index contributed by atoms with van der Waals surface area (Å²) in [5, 5.41) is 20.5. The van der Waals surface area contributed by atoms with E-state index in [2.05, 4.69) is 45.9 Å². The molecule has 0 aliphatic heterocycles. The van der Waals surface area contributed by atoms with E-state index in [1.165, 1.54) is 12.8 Å². The van der Waals surface area contributed by atoms with Gasteiger partial charge in [-0.1, -0.05) is 55.3 Å². The van der Waals surface area contributed by atoms with Crippen LogP contribution in [0.2, 0.25) is 0 Å². The first-order valence-electron chi connectivity index (χ1n) is 12.1. The van der Waals surface area contributed by atoms with Crippen molar-refractivity contribution >= 4 is 10.9 Å². The molecule has 2 N–H and O–H groups in total. The van der Waals surface area contributed by atoms with Crippen molar-refractivity contribution in [3.05, 3.63) is 85.1 Å². The molecule has 0 amide bonds. The number of benzene rings is 2. The molecule has 2 aliphatic carbocycles. The molecule has 179 valence electrons. The van der Waals surface area contributed by atoms with Crippen LogP contribution in [0.3, 0.4) is 0 Å². The summed E-state index contributed by atoms with van der Waals surface area (Å²) in [4.78, 5) is 4.48. The number of rotatable bonds is 2. The molecule has 0 saturated heterocycles. The fourth-order valence-corrected chi connectivity index (χ4v) is 5.55. The normalized spacial score (nSPS) is 23.8. The van der Waals surface area contributed by atoms with Gasteiger partial charge in [0, 0.05) is 43.6 Å². The Hall–Kier alpha value is -2.30. The predicted octanol–water partition coefficient (Wildman–Crippen LogP) is 5.80. The van der Waals surface area contributed by atoms with Gasteiger partial charge in [-0.2, -0.15) is 0 Å². The third kappa shape index (κ3) is 5.18. The van der Waals surface area contributed by atoms with Crippen LogP contribution in [0.25, 0.3) is 28.0 Å². The monoisotopic (exact) mass is 632 g/mol. The molecule has 5 heteroatoms. The van der Waals surface area contributed by atoms with Crippen molar-refractivity contribution in [1.29, 1.82) is 0 Å². The van der Waals surface area contributed by atoms with Crippen molar-refractivity contribution in [2.75, 3.05) is 0 Å². The SMILES string of the molecule is OC1CCCCC2CCC(O)C12.[Ir].[c-]1c(-c2ccccn2)n(-c2ccccc2)c2ccccc12. The average Bonchev–Trinajstić information content (AvgIpc) is 3.37. The molecule has 2 heterocycles. The smallest absolute Gasteiger partial charge is 0.0595 e. The molecule has 0 bridgehead atoms. The molecule has 2 fully saturated rings. The molecule has 2 saturated carbocycles. The number of fused-ring (bicyclic) bond motifs is 2. The first-order chi connectivity index (χ1) is 16.2. The maximum atomic E-state index is 9.77. The van der Waals surface area contributed by atoms with Gasteiger partial charge >= 0.3 is 0 Å². The summed E-state index contributed by atoms with van der Waals surface area (Å²) < 4.78 is 2.21. The zero-order chi connectivity index (χ0) is 22.6. The van der Waals surface area contributed by atoms with E-state index in [0.29, 0.717) is 5.92 Å². The molecule has 4 atom stereocenters. The number of para-hydroxylation sites is 2. The molecule has 34 heavy (non-hydrogen) atoms. The Balaban J connectivity index is 0.000000180. The standard InChI is InChI=1S/C19H13N2.C10H18O2.Ir/c1-2-9-16(10-3-1)21-18-12-5-4-8-15(18)14-19(21)17-11-6-7-13-20-17;11-8-4-2-1-3-7-5-6-9(12)10(7)8;/h1-13H;7-12H,1-6H2;/q-1;;. The van der Waals surface area contributed by atoms with Crippen LogP contribution in [0.15, 0.2) is 79.0 Å². The quantitative estimate of drug-likeness (QED) is 0.275. The van der Waals surface area contributed by atoms with Crippen LogP contribution in [0.4, 0.5) is 0 Å². The van der Waals surface area contributed by atoms with Gasteiger partial charge < -0.3 is 19.8 Å². The summed E-state index contributed by atoms with van der Waals surface area (Å²) >= 11 is 0. The van der Waals surface area contributed by atoms with E-state index in [-0.39, 0.29) is 38.2 Å². The van der Waals surface area contributed by atoms with Gasteiger partial charge in [-0.25, -0.2) is 0 Å². The van der Waals surface area contributed by atoms with Gasteiger partial charge in [0.15, 0.2) is 0 Å². The molecule has 0 spiro atoms. The number of aromatic nitrogens is 2. The van der Waals surface area contributed by atoms with Crippen LogP contribution in [-0.4, -0.2) is 32.0 Å². The third-order valence-corrected chi connectivity index (χ3v) is 7.13. The van der Waals surface area contributed by atoms with Gasteiger partial charge in [-0.05, 0) is 61.0 Å². The van der Waals surface area contributed by atoms with Gasteiger partial charge in [0.25, 0.3) is 0 Å². The van der Waals surface area contributed by atoms with E-state index in [9.17, 15) is 10.2 Å². The molecule has 4 nitrogen and oxygen atoms in total. The van der Waals surface area contributed by atoms with Crippen molar-refractivity contribution in [3.63, 3.8) is 0 Å². The predicted molar refractivity (Wildman–Crippen MR) is 132 cm³/mol. The van der Waals surface area contributed by atoms with E-state index in [1.54, 1.807) is 0 Å². The minimum Gasteiger partial charge on any atom is -0.393 e. The third-order valence-electron chi connectivity index (χ3n) is 7.13. The molecular weight excluding hydrogens is 601 g/mol. The van der Waals surface area contributed by atoms with Crippen molar-refractivity contribution < 1.29 is 30.3 Å². The second-order valence-corrected chi connectivity index (χ2v) is 9.21. The Labute approximate surface area is 215 Å². The van der Waals surface area contributed by atoms with Crippen molar-refractivity contribution in [2.45, 2.75) is 50.7 Å². The maximum absolute atomic E-state index is 9.77. The summed E-state index contributed by atoms with van der Waals surface area (Å²) in [5.74, 6) is 0.810. The first-order valence-corrected chi connectivity index (χ1v) is 12.1. The fourth-order valence-electron chi connectivity index (χ4n) is 5.55. The number of pyridine rings is 1. The Morgan fingerprint density at radius 3 is 2.26 bits per heavy atom. The number of aliphatic hydroxyl groups is 2. The second-order valence-electron chi connectivity index (χ2n) is 9.21. The first kappa shape index (κ1) is 24.8. The Kier molecular flexibility index (Phi) is 8.33. The summed E-state index contributed by atoms with van der Waals surface area (Å²) in [6.45, 7) is 0. The molecule has 2 aliphatic rings. The van der Waals surface area contributed by atoms with E-state index in [4.69, 9.17) is 0 Å². The molecule has 2 aromatic carbocycles. The van der Waals surface area contributed by atoms with Gasteiger partial charge in [-0.3, -0.25) is 0 Å². The van der Waals surface area contributed by atoms with Crippen LogP contribution in [0.5, 0.6) is 0 Å². The van der Waals surface area contributed by atoms with Crippen LogP contribution in [0, 0.1) is 17.9 Å². The van der Waals surface area contributed by atoms with Crippen LogP contribution in [0.1, 0.15) is 38.5 Å². The zero-order valence-corrected chi connectivity index (χ0v) is 21.6. The molecule has 2 aromatic heterocycles. The maximum Gasteiger partial charge on any atom is 0.0595 e. The number of nitrogens with zero attached hydrogens (tertiary/aromatic N) is 2. The van der Waals surface area contributed by atoms with E-state index < -0.39 is 0 Å². The largest absolute Gasteiger partial charge is 0.393 e. The van der Waals surface area contributed by atoms with Gasteiger partial charge in [-0.15, -0.1) is 23.6 Å². The van der Waals surface area contributed by atoms with Gasteiger partial charge in [0.1, 0.15) is 0 Å². The summed E-state index contributed by atoms with van der Waals surface area (Å²) in [7, 11) is 0. The summed E-state index contributed by atoms with van der Waals surface area (Å²) in [6.07, 6.45) is 7.91. The second kappa shape index (κ2) is 11.4. The Morgan fingerprint density at radius 2 is 1.47 bits per heavy atom. The van der Waals surface area contributed by atoms with Gasteiger partial charge in [0.05, 0.1) is 12.2 Å². The molecule has 4 aromatic rings. The Morgan fingerprint density at radius 1 is 0.765 bits per heavy atom. The molecular formula is C29H31IrN2O2-. The zero-order valence-electron chi connectivity index (χ0n) is 19.2. The van der Waals surface area contributed by atoms with Crippen molar-refractivity contribution in [2.24, 2.45) is 11.8 Å². The number of aliphatic hydroxyl groups excluding tert-OH is 2. The minimum atomic E-state index is -0.227.